The Hall–Kier alpha value is -2.25. The van der Waals surface area contributed by atoms with Gasteiger partial charge in [0.2, 0.25) is 0 Å². The fourth-order valence-corrected chi connectivity index (χ4v) is 3.24. The van der Waals surface area contributed by atoms with Gasteiger partial charge in [-0.2, -0.15) is 0 Å². The number of ether oxygens (including phenoxy) is 1. The zero-order valence-electron chi connectivity index (χ0n) is 17.2. The number of rotatable bonds is 11. The van der Waals surface area contributed by atoms with E-state index in [9.17, 15) is 4.79 Å². The van der Waals surface area contributed by atoms with Gasteiger partial charge in [0, 0.05) is 30.8 Å². The molecule has 0 bridgehead atoms. The van der Waals surface area contributed by atoms with Crippen molar-refractivity contribution in [2.24, 2.45) is 0 Å². The number of carboxylic acids is 1. The van der Waals surface area contributed by atoms with Gasteiger partial charge in [-0.3, -0.25) is 4.98 Å². The maximum absolute atomic E-state index is 10.5. The van der Waals surface area contributed by atoms with Crippen molar-refractivity contribution in [1.29, 1.82) is 0 Å². The van der Waals surface area contributed by atoms with Gasteiger partial charge in [0.05, 0.1) is 17.6 Å². The number of benzene rings is 2. The van der Waals surface area contributed by atoms with Crippen molar-refractivity contribution in [3.05, 3.63) is 66.9 Å². The summed E-state index contributed by atoms with van der Waals surface area (Å²) in [6, 6.07) is 20.2. The molecule has 1 N–H and O–H groups in total. The molecule has 158 valence electrons. The Morgan fingerprint density at radius 3 is 2.16 bits per heavy atom. The fraction of sp³-hybridized carbons (Fsp3) is 0.292. The van der Waals surface area contributed by atoms with Crippen molar-refractivity contribution in [1.82, 2.24) is 9.97 Å². The number of unbranched alkanes of at least 4 members (excludes halogenated alkanes) is 1. The first-order chi connectivity index (χ1) is 14.7. The molecule has 0 aliphatic carbocycles. The van der Waals surface area contributed by atoms with Crippen LogP contribution in [0.5, 0.6) is 0 Å². The summed E-state index contributed by atoms with van der Waals surface area (Å²) in [5, 5.41) is 8.62. The monoisotopic (exact) mass is 429 g/mol. The number of nitrogens with zero attached hydrogens (tertiary/aromatic N) is 3. The molecule has 0 spiro atoms. The molecule has 2 aromatic carbocycles. The van der Waals surface area contributed by atoms with Crippen LogP contribution in [0.4, 0.5) is 5.82 Å². The quantitative estimate of drug-likeness (QED) is 0.368. The third-order valence-electron chi connectivity index (χ3n) is 4.75. The normalized spacial score (nSPS) is 10.4. The summed E-state index contributed by atoms with van der Waals surface area (Å²) in [6.07, 6.45) is 3.51. The molecular formula is C24H28N3NaO3. The van der Waals surface area contributed by atoms with Gasteiger partial charge in [-0.25, -0.2) is 9.78 Å². The van der Waals surface area contributed by atoms with E-state index in [-0.39, 0.29) is 36.2 Å². The van der Waals surface area contributed by atoms with Crippen LogP contribution in [0.25, 0.3) is 22.5 Å². The third kappa shape index (κ3) is 7.43. The van der Waals surface area contributed by atoms with E-state index in [0.29, 0.717) is 6.61 Å². The summed E-state index contributed by atoms with van der Waals surface area (Å²) in [5.41, 5.74) is 3.80. The minimum absolute atomic E-state index is 0. The van der Waals surface area contributed by atoms with Gasteiger partial charge in [-0.05, 0) is 19.8 Å². The van der Waals surface area contributed by atoms with Crippen LogP contribution in [0, 0.1) is 0 Å². The summed E-state index contributed by atoms with van der Waals surface area (Å²) in [5.74, 6) is -0.102. The topological polar surface area (TPSA) is 75.5 Å². The van der Waals surface area contributed by atoms with Gasteiger partial charge < -0.3 is 14.7 Å². The Balaban J connectivity index is 0.00000341. The van der Waals surface area contributed by atoms with Crippen LogP contribution in [0.15, 0.2) is 66.9 Å². The summed E-state index contributed by atoms with van der Waals surface area (Å²) in [6.45, 7) is 3.90. The second kappa shape index (κ2) is 13.2. The SMILES string of the molecule is CCN(CCCCOCC(=O)O)c1cnc(-c2ccccc2)c(-c2ccccc2)n1.[NaH]. The van der Waals surface area contributed by atoms with Crippen molar-refractivity contribution in [3.63, 3.8) is 0 Å². The Kier molecular flexibility index (Phi) is 10.7. The van der Waals surface area contributed by atoms with Gasteiger partial charge >= 0.3 is 35.5 Å². The van der Waals surface area contributed by atoms with E-state index in [1.54, 1.807) is 0 Å². The average molecular weight is 429 g/mol. The van der Waals surface area contributed by atoms with E-state index >= 15 is 0 Å². The van der Waals surface area contributed by atoms with Crippen molar-refractivity contribution in [2.75, 3.05) is 31.2 Å². The molecule has 3 aromatic rings. The summed E-state index contributed by atoms with van der Waals surface area (Å²) in [4.78, 5) is 22.4. The van der Waals surface area contributed by atoms with Crippen LogP contribution in [-0.2, 0) is 9.53 Å². The Morgan fingerprint density at radius 2 is 1.58 bits per heavy atom. The van der Waals surface area contributed by atoms with Gasteiger partial charge in [-0.1, -0.05) is 60.7 Å². The van der Waals surface area contributed by atoms with E-state index in [2.05, 4.69) is 24.0 Å². The Labute approximate surface area is 205 Å². The number of hydrogen-bond acceptors (Lipinski definition) is 5. The van der Waals surface area contributed by atoms with Gasteiger partial charge in [0.25, 0.3) is 0 Å². The molecule has 0 saturated heterocycles. The van der Waals surface area contributed by atoms with E-state index in [4.69, 9.17) is 19.8 Å². The fourth-order valence-electron chi connectivity index (χ4n) is 3.24. The number of carbonyl (C=O) groups is 1. The van der Waals surface area contributed by atoms with Crippen LogP contribution in [0.2, 0.25) is 0 Å². The zero-order chi connectivity index (χ0) is 21.2. The van der Waals surface area contributed by atoms with E-state index in [1.807, 2.05) is 54.7 Å². The van der Waals surface area contributed by atoms with Gasteiger partial charge in [0.15, 0.2) is 0 Å². The van der Waals surface area contributed by atoms with Crippen LogP contribution in [-0.4, -0.2) is 76.9 Å². The second-order valence-corrected chi connectivity index (χ2v) is 6.89. The summed E-state index contributed by atoms with van der Waals surface area (Å²) < 4.78 is 5.11. The van der Waals surface area contributed by atoms with E-state index < -0.39 is 5.97 Å². The zero-order valence-corrected chi connectivity index (χ0v) is 17.2. The molecule has 31 heavy (non-hydrogen) atoms. The van der Waals surface area contributed by atoms with Gasteiger partial charge in [0.1, 0.15) is 12.4 Å². The molecular weight excluding hydrogens is 401 g/mol. The minimum atomic E-state index is -0.938. The standard InChI is InChI=1S/C24H27N3O3.Na.H/c1-2-27(15-9-10-16-30-18-22(28)29)21-17-25-23(19-11-5-3-6-12-19)24(26-21)20-13-7-4-8-14-20;;/h3-8,11-14,17H,2,9-10,15-16,18H2,1H3,(H,28,29);;. The van der Waals surface area contributed by atoms with Crippen LogP contribution in [0.3, 0.4) is 0 Å². The van der Waals surface area contributed by atoms with Crippen LogP contribution < -0.4 is 4.90 Å². The first kappa shape index (κ1) is 25.0. The molecule has 0 atom stereocenters. The van der Waals surface area contributed by atoms with Crippen LogP contribution in [0.1, 0.15) is 19.8 Å². The van der Waals surface area contributed by atoms with Crippen molar-refractivity contribution < 1.29 is 14.6 Å². The van der Waals surface area contributed by atoms with E-state index in [1.165, 1.54) is 0 Å². The number of aliphatic carboxylic acids is 1. The first-order valence-electron chi connectivity index (χ1n) is 10.2. The molecule has 3 rings (SSSR count). The molecule has 0 fully saturated rings. The third-order valence-corrected chi connectivity index (χ3v) is 4.75. The van der Waals surface area contributed by atoms with E-state index in [0.717, 1.165) is 54.3 Å². The molecule has 0 aliphatic rings. The second-order valence-electron chi connectivity index (χ2n) is 6.89. The summed E-state index contributed by atoms with van der Waals surface area (Å²) >= 11 is 0. The number of aromatic nitrogens is 2. The average Bonchev–Trinajstić information content (AvgIpc) is 2.79. The summed E-state index contributed by atoms with van der Waals surface area (Å²) in [7, 11) is 0. The van der Waals surface area contributed by atoms with Crippen LogP contribution >= 0.6 is 0 Å². The molecule has 7 heteroatoms. The number of hydrogen-bond donors (Lipinski definition) is 1. The molecule has 1 heterocycles. The molecule has 1 aromatic heterocycles. The van der Waals surface area contributed by atoms with Crippen molar-refractivity contribution in [3.8, 4) is 22.5 Å². The molecule has 0 aliphatic heterocycles. The van der Waals surface area contributed by atoms with Gasteiger partial charge in [-0.15, -0.1) is 0 Å². The molecule has 0 amide bonds. The molecule has 0 radical (unpaired) electrons. The number of carboxylic acid groups (broad SMARTS) is 1. The predicted octanol–water partition coefficient (Wildman–Crippen LogP) is 3.87. The Bertz CT molecular complexity index is 939. The Morgan fingerprint density at radius 1 is 0.968 bits per heavy atom. The molecule has 0 saturated carbocycles. The van der Waals surface area contributed by atoms with Crippen molar-refractivity contribution >= 4 is 41.3 Å². The number of anilines is 1. The molecule has 0 unspecified atom stereocenters. The molecule has 6 nitrogen and oxygen atoms in total. The maximum atomic E-state index is 10.5. The predicted molar refractivity (Wildman–Crippen MR) is 126 cm³/mol. The first-order valence-corrected chi connectivity index (χ1v) is 10.2. The van der Waals surface area contributed by atoms with Crippen molar-refractivity contribution in [2.45, 2.75) is 19.8 Å².